The molecule has 1 aliphatic rings. The second-order valence-corrected chi connectivity index (χ2v) is 6.86. The molecule has 3 atom stereocenters. The lowest BCUT2D eigenvalue weighted by atomic mass is 9.78. The third kappa shape index (κ3) is 2.95. The van der Waals surface area contributed by atoms with Gasteiger partial charge in [0.1, 0.15) is 0 Å². The number of aromatic nitrogens is 2. The van der Waals surface area contributed by atoms with Crippen LogP contribution in [-0.2, 0) is 6.54 Å². The molecule has 0 bridgehead atoms. The Balaban J connectivity index is 1.98. The summed E-state index contributed by atoms with van der Waals surface area (Å²) in [5.41, 5.74) is 0.196. The fourth-order valence-corrected chi connectivity index (χ4v) is 3.64. The van der Waals surface area contributed by atoms with Crippen molar-refractivity contribution in [3.8, 4) is 0 Å². The molecule has 1 N–H and O–H groups in total. The molecule has 128 valence electrons. The summed E-state index contributed by atoms with van der Waals surface area (Å²) >= 11 is 0. The quantitative estimate of drug-likeness (QED) is 0.942. The summed E-state index contributed by atoms with van der Waals surface area (Å²) in [7, 11) is 0. The van der Waals surface area contributed by atoms with Gasteiger partial charge in [-0.05, 0) is 31.2 Å². The molecule has 1 heterocycles. The van der Waals surface area contributed by atoms with Crippen molar-refractivity contribution in [3.63, 3.8) is 0 Å². The van der Waals surface area contributed by atoms with E-state index in [0.29, 0.717) is 34.8 Å². The molecule has 1 aliphatic carbocycles. The van der Waals surface area contributed by atoms with Gasteiger partial charge in [-0.25, -0.2) is 4.68 Å². The van der Waals surface area contributed by atoms with E-state index in [1.807, 2.05) is 19.1 Å². The highest BCUT2D eigenvalue weighted by atomic mass is 16.2. The maximum atomic E-state index is 12.9. The summed E-state index contributed by atoms with van der Waals surface area (Å²) in [6, 6.07) is 7.38. The van der Waals surface area contributed by atoms with E-state index >= 15 is 0 Å². The van der Waals surface area contributed by atoms with E-state index in [1.165, 1.54) is 11.1 Å². The number of hydrogen-bond donors (Lipinski definition) is 1. The van der Waals surface area contributed by atoms with Crippen LogP contribution in [0.3, 0.4) is 0 Å². The molecular formula is C19H25N3O2. The number of benzene rings is 1. The van der Waals surface area contributed by atoms with Crippen LogP contribution in [0.15, 0.2) is 29.1 Å². The Bertz CT molecular complexity index is 812. The largest absolute Gasteiger partial charge is 0.348 e. The topological polar surface area (TPSA) is 64.0 Å². The first-order valence-corrected chi connectivity index (χ1v) is 8.83. The normalized spacial score (nSPS) is 24.0. The number of carbonyl (C=O) groups excluding carboxylic acids is 1. The summed E-state index contributed by atoms with van der Waals surface area (Å²) in [5, 5.41) is 8.65. The van der Waals surface area contributed by atoms with Crippen molar-refractivity contribution in [1.29, 1.82) is 0 Å². The minimum atomic E-state index is -0.181. The van der Waals surface area contributed by atoms with E-state index < -0.39 is 0 Å². The van der Waals surface area contributed by atoms with Crippen LogP contribution >= 0.6 is 0 Å². The Morgan fingerprint density at radius 3 is 2.67 bits per heavy atom. The summed E-state index contributed by atoms with van der Waals surface area (Å²) < 4.78 is 1.37. The molecule has 0 aliphatic heterocycles. The average molecular weight is 327 g/mol. The predicted molar refractivity (Wildman–Crippen MR) is 95.1 cm³/mol. The highest BCUT2D eigenvalue weighted by molar-refractivity contribution is 6.04. The lowest BCUT2D eigenvalue weighted by molar-refractivity contribution is 0.0885. The SMILES string of the molecule is CCn1nc(C(=O)N[C@@H]2CCC[C@H](C)[C@H]2C)c2ccccc2c1=O. The van der Waals surface area contributed by atoms with Gasteiger partial charge in [-0.1, -0.05) is 44.9 Å². The number of amides is 1. The molecule has 0 radical (unpaired) electrons. The van der Waals surface area contributed by atoms with Gasteiger partial charge in [-0.15, -0.1) is 0 Å². The van der Waals surface area contributed by atoms with Crippen molar-refractivity contribution in [3.05, 3.63) is 40.3 Å². The molecule has 1 aromatic heterocycles. The van der Waals surface area contributed by atoms with Crippen molar-refractivity contribution in [1.82, 2.24) is 15.1 Å². The third-order valence-electron chi connectivity index (χ3n) is 5.41. The van der Waals surface area contributed by atoms with Crippen LogP contribution < -0.4 is 10.9 Å². The minimum Gasteiger partial charge on any atom is -0.348 e. The van der Waals surface area contributed by atoms with Gasteiger partial charge in [-0.2, -0.15) is 5.10 Å². The third-order valence-corrected chi connectivity index (χ3v) is 5.41. The van der Waals surface area contributed by atoms with Crippen LogP contribution in [0, 0.1) is 11.8 Å². The molecule has 1 fully saturated rings. The minimum absolute atomic E-state index is 0.149. The van der Waals surface area contributed by atoms with Crippen LogP contribution in [0.25, 0.3) is 10.8 Å². The van der Waals surface area contributed by atoms with Gasteiger partial charge in [0, 0.05) is 18.0 Å². The molecule has 1 amide bonds. The van der Waals surface area contributed by atoms with E-state index in [0.717, 1.165) is 12.8 Å². The van der Waals surface area contributed by atoms with Crippen LogP contribution in [0.5, 0.6) is 0 Å². The summed E-state index contributed by atoms with van der Waals surface area (Å²) in [6.45, 7) is 6.75. The lowest BCUT2D eigenvalue weighted by Crippen LogP contribution is -2.44. The number of fused-ring (bicyclic) bond motifs is 1. The lowest BCUT2D eigenvalue weighted by Gasteiger charge is -2.34. The molecule has 0 saturated heterocycles. The van der Waals surface area contributed by atoms with Gasteiger partial charge in [-0.3, -0.25) is 9.59 Å². The Hall–Kier alpha value is -2.17. The number of rotatable bonds is 3. The molecule has 2 aromatic rings. The fourth-order valence-electron chi connectivity index (χ4n) is 3.64. The monoisotopic (exact) mass is 327 g/mol. The first-order chi connectivity index (χ1) is 11.5. The molecule has 1 saturated carbocycles. The van der Waals surface area contributed by atoms with Crippen molar-refractivity contribution >= 4 is 16.7 Å². The smallest absolute Gasteiger partial charge is 0.274 e. The summed E-state index contributed by atoms with van der Waals surface area (Å²) in [4.78, 5) is 25.3. The van der Waals surface area contributed by atoms with Crippen molar-refractivity contribution < 1.29 is 4.79 Å². The Kier molecular flexibility index (Phi) is 4.69. The maximum absolute atomic E-state index is 12.9. The molecule has 5 heteroatoms. The number of carbonyl (C=O) groups is 1. The van der Waals surface area contributed by atoms with Gasteiger partial charge in [0.15, 0.2) is 5.69 Å². The van der Waals surface area contributed by atoms with Gasteiger partial charge < -0.3 is 5.32 Å². The van der Waals surface area contributed by atoms with E-state index in [4.69, 9.17) is 0 Å². The van der Waals surface area contributed by atoms with Gasteiger partial charge in [0.05, 0.1) is 5.39 Å². The molecule has 3 rings (SSSR count). The van der Waals surface area contributed by atoms with Crippen LogP contribution in [0.2, 0.25) is 0 Å². The van der Waals surface area contributed by atoms with Crippen LogP contribution in [0.4, 0.5) is 0 Å². The van der Waals surface area contributed by atoms with Crippen molar-refractivity contribution in [2.75, 3.05) is 0 Å². The van der Waals surface area contributed by atoms with Gasteiger partial charge >= 0.3 is 0 Å². The second kappa shape index (κ2) is 6.75. The standard InChI is InChI=1S/C19H25N3O2/c1-4-22-19(24)15-10-6-5-9-14(15)17(21-22)18(23)20-16-11-7-8-12(2)13(16)3/h5-6,9-10,12-13,16H,4,7-8,11H2,1-3H3,(H,20,23)/t12-,13+,16+/m0/s1. The molecule has 5 nitrogen and oxygen atoms in total. The predicted octanol–water partition coefficient (Wildman–Crippen LogP) is 2.97. The first kappa shape index (κ1) is 16.7. The number of nitrogens with one attached hydrogen (secondary N) is 1. The zero-order valence-corrected chi connectivity index (χ0v) is 14.6. The van der Waals surface area contributed by atoms with Crippen molar-refractivity contribution in [2.45, 2.75) is 52.6 Å². The fraction of sp³-hybridized carbons (Fsp3) is 0.526. The Morgan fingerprint density at radius 1 is 1.25 bits per heavy atom. The summed E-state index contributed by atoms with van der Waals surface area (Å²) in [5.74, 6) is 0.878. The second-order valence-electron chi connectivity index (χ2n) is 6.86. The zero-order valence-electron chi connectivity index (χ0n) is 14.6. The average Bonchev–Trinajstić information content (AvgIpc) is 2.59. The van der Waals surface area contributed by atoms with Crippen LogP contribution in [-0.4, -0.2) is 21.7 Å². The maximum Gasteiger partial charge on any atom is 0.274 e. The Morgan fingerprint density at radius 2 is 1.96 bits per heavy atom. The molecular weight excluding hydrogens is 302 g/mol. The number of aryl methyl sites for hydroxylation is 1. The Labute approximate surface area is 142 Å². The highest BCUT2D eigenvalue weighted by Crippen LogP contribution is 2.29. The summed E-state index contributed by atoms with van der Waals surface area (Å²) in [6.07, 6.45) is 3.36. The molecule has 24 heavy (non-hydrogen) atoms. The van der Waals surface area contributed by atoms with E-state index in [-0.39, 0.29) is 17.5 Å². The highest BCUT2D eigenvalue weighted by Gasteiger charge is 2.29. The van der Waals surface area contributed by atoms with Crippen molar-refractivity contribution in [2.24, 2.45) is 11.8 Å². The first-order valence-electron chi connectivity index (χ1n) is 8.83. The molecule has 1 aromatic carbocycles. The number of nitrogens with zero attached hydrogens (tertiary/aromatic N) is 2. The van der Waals surface area contributed by atoms with Crippen LogP contribution in [0.1, 0.15) is 50.5 Å². The molecule has 0 spiro atoms. The van der Waals surface area contributed by atoms with Gasteiger partial charge in [0.2, 0.25) is 0 Å². The zero-order chi connectivity index (χ0) is 17.3. The van der Waals surface area contributed by atoms with Gasteiger partial charge in [0.25, 0.3) is 11.5 Å². The van der Waals surface area contributed by atoms with E-state index in [2.05, 4.69) is 24.3 Å². The number of hydrogen-bond acceptors (Lipinski definition) is 3. The van der Waals surface area contributed by atoms with E-state index in [9.17, 15) is 9.59 Å². The molecule has 0 unspecified atom stereocenters. The van der Waals surface area contributed by atoms with E-state index in [1.54, 1.807) is 12.1 Å².